The van der Waals surface area contributed by atoms with Crippen molar-refractivity contribution in [1.82, 2.24) is 42.1 Å². The number of nitrogens with two attached hydrogens (primary N) is 3. The third-order valence-electron chi connectivity index (χ3n) is 23.7. The fourth-order valence-corrected chi connectivity index (χ4v) is 17.4. The van der Waals surface area contributed by atoms with E-state index >= 15 is 28.8 Å². The SMILES string of the molecule is CC(=O)OC[C@H]1O[C@H](NC(=S)N(C)[C@H](CC(C)C)C(=O)N[C@H]2C(=O)N[C@@H](CC(N)=O)C(=O)N[C@H]3C(=O)N[C@H]4C(=O)N[C@H](C(=O)N[C@H](C(=O)O)c5cc(O)cc(O)c5-c5cc4ccc5O)[C@H](O[C@H]4C[C@](C)(N)[C@@H](O)[C@H](C)O4)c4ccc(cc4)Oc4cc3cc(c4O[C@@H]3O[C@H](CO)[C@@H](O)[C@H](O)[C@H]3O[C@H]3C[C@](C)(N)[C@@H](O)[C@H](C)O3)Oc3ccc(cc3Cl)[C@H]2O)[C@H](OC(C)=O)[C@@H](OC(C)=O)[C@@H]1OC(C)=O. The largest absolute Gasteiger partial charge is 0.508 e. The maximum Gasteiger partial charge on any atom is 0.330 e. The summed E-state index contributed by atoms with van der Waals surface area (Å²) in [6.45, 7) is 11.6. The summed E-state index contributed by atoms with van der Waals surface area (Å²) in [4.78, 5) is 175. The van der Waals surface area contributed by atoms with E-state index in [4.69, 9.17) is 103 Å². The zero-order chi connectivity index (χ0) is 99.6. The van der Waals surface area contributed by atoms with Crippen LogP contribution in [0.4, 0.5) is 0 Å². The van der Waals surface area contributed by atoms with Crippen molar-refractivity contribution in [3.8, 4) is 57.1 Å². The standard InChI is InChI=1S/C88H108ClN11O35S/c1-32(2)20-49(100(11)86(136)99-83-74(128-38(8)105)73(127-37(7)104)71(126-36(6)103)56(131-83)31-123-35(5)102)78(116)97-64-66(110)41-15-19-52(47(89)22-41)130-54-24-42-23-53(70(54)135-85-72(68(112)67(111)55(30-101)132-85)134-59-29-88(10,92)76(114)34(4)125-59)129-44-16-12-39(13-17-44)69(133-58-28-87(9,91)75(113)33(3)124-58)65-82(120)96-63(84(121)122)46-25-43(106)26-51(108)60(46)45-21-40(14-18-50(45)107)61(79(117)98-65)95-80(118)62(42)94-77(115)48(27-57(90)109)93-81(64)119/h12-19,21-26,32-34,48-49,55-56,58-59,61-69,71-76,83,85,101,106-108,110-114H,20,27-31,91-92H2,1-11H3,(H2,90,109)(H,93,119)(H,94,115)(H,95,118)(H,96,120)(H,97,116)(H,98,117)(H,99,136)(H,121,122)/t33-,34-,48-,49+,55+,56+,58-,59-,61+,62+,63-,64+,65-,66+,67+,68-,69+,71+,72+,73-,74+,75-,76-,83-,85-,87-,88-/m0/s1. The molecule has 9 heterocycles. The highest BCUT2D eigenvalue weighted by atomic mass is 35.5. The fourth-order valence-electron chi connectivity index (χ4n) is 17.0. The summed E-state index contributed by atoms with van der Waals surface area (Å²) in [5.41, 5.74) is 13.2. The highest BCUT2D eigenvalue weighted by molar-refractivity contribution is 7.80. The molecular weight excluding hydrogens is 1840 g/mol. The minimum atomic E-state index is -2.48. The number of likely N-dealkylation sites (N-methyl/N-ethyl adjacent to an activating group) is 1. The molecule has 46 nitrogen and oxygen atoms in total. The predicted molar refractivity (Wildman–Crippen MR) is 467 cm³/mol. The number of hydrogen-bond donors (Lipinski definition) is 20. The number of aromatic hydroxyl groups is 3. The third kappa shape index (κ3) is 23.3. The molecule has 0 aromatic heterocycles. The van der Waals surface area contributed by atoms with Crippen molar-refractivity contribution in [3.05, 3.63) is 118 Å². The van der Waals surface area contributed by atoms with Gasteiger partial charge in [-0.15, -0.1) is 0 Å². The molecule has 14 rings (SSSR count). The number of nitrogens with zero attached hydrogens (tertiary/aromatic N) is 1. The Morgan fingerprint density at radius 3 is 1.79 bits per heavy atom. The van der Waals surface area contributed by atoms with Crippen LogP contribution in [-0.2, 0) is 105 Å². The number of carboxylic acids is 1. The van der Waals surface area contributed by atoms with Crippen molar-refractivity contribution in [3.63, 3.8) is 0 Å². The number of benzene rings is 5. The Morgan fingerprint density at radius 2 is 1.20 bits per heavy atom. The van der Waals surface area contributed by atoms with Gasteiger partial charge in [-0.05, 0) is 129 Å². The Bertz CT molecular complexity index is 5410. The van der Waals surface area contributed by atoms with Crippen molar-refractivity contribution in [2.75, 3.05) is 20.3 Å². The first-order chi connectivity index (χ1) is 63.9. The lowest BCUT2D eigenvalue weighted by molar-refractivity contribution is -0.333. The predicted octanol–water partition coefficient (Wildman–Crippen LogP) is -0.640. The number of primary amides is 1. The molecule has 27 atom stereocenters. The number of phenols is 3. The first-order valence-electron chi connectivity index (χ1n) is 42.9. The van der Waals surface area contributed by atoms with Crippen LogP contribution in [0, 0.1) is 5.92 Å². The number of aliphatic hydroxyl groups is 6. The molecule has 48 heteroatoms. The van der Waals surface area contributed by atoms with Crippen molar-refractivity contribution in [1.29, 1.82) is 0 Å². The Balaban J connectivity index is 1.05. The number of nitrogens with one attached hydrogen (secondary N) is 7. The van der Waals surface area contributed by atoms with Gasteiger partial charge < -0.3 is 172 Å². The summed E-state index contributed by atoms with van der Waals surface area (Å²) in [6.07, 6.45) is -32.3. The lowest BCUT2D eigenvalue weighted by Crippen LogP contribution is -2.67. The molecule has 5 aromatic carbocycles. The number of aliphatic hydroxyl groups excluding tert-OH is 6. The van der Waals surface area contributed by atoms with Gasteiger partial charge in [-0.1, -0.05) is 49.7 Å². The van der Waals surface area contributed by atoms with Gasteiger partial charge in [-0.3, -0.25) is 52.7 Å². The molecule has 23 N–H and O–H groups in total. The van der Waals surface area contributed by atoms with Gasteiger partial charge in [-0.2, -0.15) is 0 Å². The number of fused-ring (bicyclic) bond motifs is 15. The molecule has 4 fully saturated rings. The number of esters is 4. The molecule has 9 aliphatic rings. The second-order valence-electron chi connectivity index (χ2n) is 35.0. The molecule has 0 aliphatic carbocycles. The zero-order valence-corrected chi connectivity index (χ0v) is 76.6. The van der Waals surface area contributed by atoms with Crippen LogP contribution in [-0.4, -0.2) is 286 Å². The van der Waals surface area contributed by atoms with Crippen molar-refractivity contribution in [2.24, 2.45) is 23.1 Å². The summed E-state index contributed by atoms with van der Waals surface area (Å²) in [5, 5.41) is 133. The number of amides is 7. The van der Waals surface area contributed by atoms with Crippen molar-refractivity contribution >= 4 is 100 Å². The molecule has 0 unspecified atom stereocenters. The van der Waals surface area contributed by atoms with Crippen LogP contribution >= 0.6 is 23.8 Å². The van der Waals surface area contributed by atoms with E-state index in [1.165, 1.54) is 59.0 Å². The average Bonchev–Trinajstić information content (AvgIpc) is 0.754. The van der Waals surface area contributed by atoms with Gasteiger partial charge >= 0.3 is 29.8 Å². The number of phenolic OH excluding ortho intramolecular Hbond substituents is 3. The van der Waals surface area contributed by atoms with E-state index in [9.17, 15) is 79.8 Å². The highest BCUT2D eigenvalue weighted by Crippen LogP contribution is 2.50. The van der Waals surface area contributed by atoms with Crippen molar-refractivity contribution < 1.29 is 170 Å². The first-order valence-corrected chi connectivity index (χ1v) is 43.7. The first kappa shape index (κ1) is 103. The van der Waals surface area contributed by atoms with Crippen LogP contribution in [0.5, 0.6) is 46.0 Å². The van der Waals surface area contributed by atoms with E-state index < -0.39 is 339 Å². The van der Waals surface area contributed by atoms with E-state index in [0.29, 0.717) is 0 Å². The van der Waals surface area contributed by atoms with Gasteiger partial charge in [0.2, 0.25) is 53.4 Å². The molecule has 7 amide bonds. The van der Waals surface area contributed by atoms with Gasteiger partial charge in [-0.25, -0.2) is 4.79 Å². The quantitative estimate of drug-likeness (QED) is 0.0247. The van der Waals surface area contributed by atoms with Crippen LogP contribution < -0.4 is 68.6 Å². The number of ether oxygens (including phenoxy) is 13. The number of hydrogen-bond acceptors (Lipinski definition) is 37. The number of rotatable bonds is 21. The number of halogens is 1. The van der Waals surface area contributed by atoms with E-state index in [1.54, 1.807) is 13.8 Å². The second kappa shape index (κ2) is 42.3. The van der Waals surface area contributed by atoms with Gasteiger partial charge in [0, 0.05) is 81.4 Å². The van der Waals surface area contributed by atoms with Crippen LogP contribution in [0.2, 0.25) is 5.02 Å². The highest BCUT2D eigenvalue weighted by Gasteiger charge is 2.56. The summed E-state index contributed by atoms with van der Waals surface area (Å²) in [7, 11) is 1.28. The molecule has 0 radical (unpaired) electrons. The molecule has 9 aliphatic heterocycles. The normalized spacial score (nSPS) is 31.5. The lowest BCUT2D eigenvalue weighted by atomic mass is 9.86. The van der Waals surface area contributed by atoms with Gasteiger partial charge in [0.25, 0.3) is 0 Å². The average molecular weight is 1950 g/mol. The van der Waals surface area contributed by atoms with Crippen LogP contribution in [0.15, 0.2) is 84.9 Å². The zero-order valence-electron chi connectivity index (χ0n) is 75.0. The molecule has 0 saturated carbocycles. The molecule has 0 spiro atoms. The topological polar surface area (TPSA) is 693 Å². The van der Waals surface area contributed by atoms with Gasteiger partial charge in [0.15, 0.2) is 65.9 Å². The molecule has 5 aromatic rings. The fraction of sp³-hybridized carbons (Fsp3) is 0.511. The second-order valence-corrected chi connectivity index (χ2v) is 35.8. The van der Waals surface area contributed by atoms with Gasteiger partial charge in [0.1, 0.15) is 108 Å². The number of carbonyl (C=O) groups is 12. The Hall–Kier alpha value is -12.0. The Morgan fingerprint density at radius 1 is 0.618 bits per heavy atom. The molecule has 738 valence electrons. The minimum absolute atomic E-state index is 0.0893. The van der Waals surface area contributed by atoms with E-state index in [-0.39, 0.29) is 36.1 Å². The van der Waals surface area contributed by atoms with Crippen LogP contribution in [0.3, 0.4) is 0 Å². The summed E-state index contributed by atoms with van der Waals surface area (Å²) < 4.78 is 80.2. The molecule has 136 heavy (non-hydrogen) atoms. The smallest absolute Gasteiger partial charge is 0.330 e. The Kier molecular flexibility index (Phi) is 32.0. The number of carbonyl (C=O) groups excluding carboxylic acids is 11. The summed E-state index contributed by atoms with van der Waals surface area (Å²) in [6, 6.07) is -0.659. The number of thiocarbonyl (C=S) groups is 1. The minimum Gasteiger partial charge on any atom is -0.508 e. The van der Waals surface area contributed by atoms with E-state index in [0.717, 1.165) is 93.3 Å². The molecular formula is C88H108ClN11O35S. The maximum atomic E-state index is 16.7. The number of carboxylic acid groups (broad SMARTS) is 1. The number of aliphatic carboxylic acids is 1. The molecule has 4 saturated heterocycles. The lowest BCUT2D eigenvalue weighted by Gasteiger charge is -2.47. The Labute approximate surface area is 785 Å². The monoisotopic (exact) mass is 1950 g/mol. The van der Waals surface area contributed by atoms with Crippen molar-refractivity contribution in [2.45, 2.75) is 259 Å². The van der Waals surface area contributed by atoms with Crippen LogP contribution in [0.25, 0.3) is 11.1 Å². The van der Waals surface area contributed by atoms with E-state index in [2.05, 4.69) is 37.2 Å². The third-order valence-corrected chi connectivity index (χ3v) is 24.4. The van der Waals surface area contributed by atoms with Crippen LogP contribution in [0.1, 0.15) is 153 Å². The molecule has 11 bridgehead atoms. The van der Waals surface area contributed by atoms with Gasteiger partial charge in [0.05, 0.1) is 42.5 Å². The summed E-state index contributed by atoms with van der Waals surface area (Å²) in [5.74, 6) is -21.2. The maximum absolute atomic E-state index is 16.7. The summed E-state index contributed by atoms with van der Waals surface area (Å²) >= 11 is 13.2. The van der Waals surface area contributed by atoms with E-state index in [1.807, 2.05) is 0 Å².